The lowest BCUT2D eigenvalue weighted by Crippen LogP contribution is -2.19. The molecular formula is C16H20N4O. The van der Waals surface area contributed by atoms with Crippen molar-refractivity contribution in [3.8, 4) is 0 Å². The zero-order valence-corrected chi connectivity index (χ0v) is 12.1. The van der Waals surface area contributed by atoms with E-state index in [1.165, 1.54) is 0 Å². The molecule has 0 radical (unpaired) electrons. The van der Waals surface area contributed by atoms with Gasteiger partial charge in [-0.15, -0.1) is 0 Å². The Hall–Kier alpha value is -2.56. The molecule has 0 saturated carbocycles. The van der Waals surface area contributed by atoms with Crippen LogP contribution in [-0.2, 0) is 4.74 Å². The van der Waals surface area contributed by atoms with Crippen LogP contribution in [0.3, 0.4) is 0 Å². The smallest absolute Gasteiger partial charge is 0.146 e. The van der Waals surface area contributed by atoms with E-state index in [2.05, 4.69) is 11.9 Å². The molecule has 0 aliphatic heterocycles. The highest BCUT2D eigenvalue weighted by Crippen LogP contribution is 2.18. The molecule has 0 fully saturated rings. The minimum Gasteiger partial charge on any atom is -0.491 e. The highest BCUT2D eigenvalue weighted by molar-refractivity contribution is 6.22. The number of benzene rings is 1. The second-order valence-electron chi connectivity index (χ2n) is 4.81. The Balaban J connectivity index is 2.22. The van der Waals surface area contributed by atoms with Gasteiger partial charge in [-0.05, 0) is 36.8 Å². The van der Waals surface area contributed by atoms with Crippen molar-refractivity contribution in [2.45, 2.75) is 19.8 Å². The Kier molecular flexibility index (Phi) is 4.77. The summed E-state index contributed by atoms with van der Waals surface area (Å²) >= 11 is 0. The lowest BCUT2D eigenvalue weighted by molar-refractivity contribution is 0.226. The average Bonchev–Trinajstić information content (AvgIpc) is 2.46. The number of rotatable bonds is 5. The molecule has 0 aromatic heterocycles. The summed E-state index contributed by atoms with van der Waals surface area (Å²) in [4.78, 5) is 4.47. The van der Waals surface area contributed by atoms with Crippen molar-refractivity contribution in [3.63, 3.8) is 0 Å². The number of hydrogen-bond acceptors (Lipinski definition) is 5. The van der Waals surface area contributed by atoms with E-state index in [0.29, 0.717) is 29.5 Å². The van der Waals surface area contributed by atoms with E-state index >= 15 is 0 Å². The molecule has 0 unspecified atom stereocenters. The Labute approximate surface area is 124 Å². The third-order valence-corrected chi connectivity index (χ3v) is 3.03. The van der Waals surface area contributed by atoms with Gasteiger partial charge in [-0.2, -0.15) is 0 Å². The van der Waals surface area contributed by atoms with Gasteiger partial charge < -0.3 is 16.2 Å². The van der Waals surface area contributed by atoms with Crippen LogP contribution in [0, 0.1) is 5.41 Å². The number of aliphatic imine (C=N–C) groups is 1. The van der Waals surface area contributed by atoms with Crippen molar-refractivity contribution in [1.29, 1.82) is 5.41 Å². The van der Waals surface area contributed by atoms with Gasteiger partial charge in [-0.3, -0.25) is 5.41 Å². The standard InChI is InChI=1S/C16H20N4O/c1-2-3-8-21-16-10-15(13(18)9-14(16)19)20-12-6-4-11(17)5-7-12/h4-7,9-10,19H,2-3,8,17-18H2,1H3. The fourth-order valence-corrected chi connectivity index (χ4v) is 1.82. The number of nitrogens with two attached hydrogens (primary N) is 2. The molecule has 0 spiro atoms. The van der Waals surface area contributed by atoms with Crippen molar-refractivity contribution in [1.82, 2.24) is 0 Å². The molecule has 5 heteroatoms. The Morgan fingerprint density at radius 2 is 1.86 bits per heavy atom. The van der Waals surface area contributed by atoms with Crippen LogP contribution in [0.5, 0.6) is 0 Å². The summed E-state index contributed by atoms with van der Waals surface area (Å²) in [5, 5.41) is 7.89. The van der Waals surface area contributed by atoms with Gasteiger partial charge in [0, 0.05) is 11.8 Å². The lowest BCUT2D eigenvalue weighted by atomic mass is 10.1. The van der Waals surface area contributed by atoms with Crippen molar-refractivity contribution >= 4 is 22.8 Å². The second kappa shape index (κ2) is 6.74. The number of unbranched alkanes of at least 4 members (excludes halogenated alkanes) is 1. The third-order valence-electron chi connectivity index (χ3n) is 3.03. The molecule has 0 amide bonds. The number of hydrogen-bond donors (Lipinski definition) is 3. The van der Waals surface area contributed by atoms with Gasteiger partial charge in [0.25, 0.3) is 0 Å². The van der Waals surface area contributed by atoms with E-state index in [-0.39, 0.29) is 5.71 Å². The average molecular weight is 284 g/mol. The van der Waals surface area contributed by atoms with Gasteiger partial charge in [0.05, 0.1) is 29.4 Å². The zero-order chi connectivity index (χ0) is 15.2. The van der Waals surface area contributed by atoms with Gasteiger partial charge >= 0.3 is 0 Å². The Morgan fingerprint density at radius 1 is 1.14 bits per heavy atom. The van der Waals surface area contributed by atoms with Gasteiger partial charge in [0.1, 0.15) is 5.76 Å². The van der Waals surface area contributed by atoms with Crippen molar-refractivity contribution in [2.75, 3.05) is 12.3 Å². The fraction of sp³-hybridized carbons (Fsp3) is 0.250. The highest BCUT2D eigenvalue weighted by atomic mass is 16.5. The topological polar surface area (TPSA) is 97.5 Å². The first-order valence-corrected chi connectivity index (χ1v) is 6.95. The van der Waals surface area contributed by atoms with Crippen molar-refractivity contribution in [2.24, 2.45) is 10.7 Å². The molecular weight excluding hydrogens is 264 g/mol. The molecule has 1 aliphatic carbocycles. The summed E-state index contributed by atoms with van der Waals surface area (Å²) in [5.74, 6) is 0.506. The lowest BCUT2D eigenvalue weighted by Gasteiger charge is -2.15. The van der Waals surface area contributed by atoms with Crippen LogP contribution in [0.15, 0.2) is 52.9 Å². The summed E-state index contributed by atoms with van der Waals surface area (Å²) in [6.45, 7) is 2.68. The van der Waals surface area contributed by atoms with Crippen molar-refractivity contribution in [3.05, 3.63) is 47.9 Å². The minimum absolute atomic E-state index is 0.278. The molecule has 0 saturated heterocycles. The molecule has 5 N–H and O–H groups in total. The first-order valence-electron chi connectivity index (χ1n) is 6.95. The quantitative estimate of drug-likeness (QED) is 0.440. The number of nitrogens with zero attached hydrogens (tertiary/aromatic N) is 1. The molecule has 2 rings (SSSR count). The molecule has 0 heterocycles. The predicted octanol–water partition coefficient (Wildman–Crippen LogP) is 2.92. The summed E-state index contributed by atoms with van der Waals surface area (Å²) in [7, 11) is 0. The molecule has 5 nitrogen and oxygen atoms in total. The van der Waals surface area contributed by atoms with E-state index in [1.54, 1.807) is 24.3 Å². The summed E-state index contributed by atoms with van der Waals surface area (Å²) in [6, 6.07) is 7.21. The van der Waals surface area contributed by atoms with E-state index in [4.69, 9.17) is 21.6 Å². The predicted molar refractivity (Wildman–Crippen MR) is 86.9 cm³/mol. The van der Waals surface area contributed by atoms with Crippen LogP contribution in [0.2, 0.25) is 0 Å². The largest absolute Gasteiger partial charge is 0.491 e. The summed E-state index contributed by atoms with van der Waals surface area (Å²) in [5.41, 5.74) is 14.4. The molecule has 1 aromatic carbocycles. The van der Waals surface area contributed by atoms with Crippen LogP contribution in [0.4, 0.5) is 11.4 Å². The second-order valence-corrected chi connectivity index (χ2v) is 4.81. The van der Waals surface area contributed by atoms with E-state index < -0.39 is 0 Å². The number of ether oxygens (including phenoxy) is 1. The van der Waals surface area contributed by atoms with Crippen molar-refractivity contribution < 1.29 is 4.74 Å². The van der Waals surface area contributed by atoms with Gasteiger partial charge in [-0.25, -0.2) is 4.99 Å². The third kappa shape index (κ3) is 3.95. The first-order chi connectivity index (χ1) is 10.1. The molecule has 1 aromatic rings. The number of nitrogens with one attached hydrogen (secondary N) is 1. The minimum atomic E-state index is 0.278. The Morgan fingerprint density at radius 3 is 2.52 bits per heavy atom. The monoisotopic (exact) mass is 284 g/mol. The van der Waals surface area contributed by atoms with E-state index in [9.17, 15) is 0 Å². The maximum Gasteiger partial charge on any atom is 0.146 e. The van der Waals surface area contributed by atoms with Gasteiger partial charge in [0.15, 0.2) is 0 Å². The molecule has 0 atom stereocenters. The highest BCUT2D eigenvalue weighted by Gasteiger charge is 2.15. The molecule has 0 bridgehead atoms. The SMILES string of the molecule is CCCCOC1=CC(=Nc2ccc(N)cc2)C(N)=CC1=N. The molecule has 21 heavy (non-hydrogen) atoms. The van der Waals surface area contributed by atoms with E-state index in [1.807, 2.05) is 12.1 Å². The summed E-state index contributed by atoms with van der Waals surface area (Å²) in [6.07, 6.45) is 5.28. The van der Waals surface area contributed by atoms with Crippen LogP contribution in [0.1, 0.15) is 19.8 Å². The van der Waals surface area contributed by atoms with Crippen LogP contribution in [-0.4, -0.2) is 18.0 Å². The fourth-order valence-electron chi connectivity index (χ4n) is 1.82. The summed E-state index contributed by atoms with van der Waals surface area (Å²) < 4.78 is 5.61. The Bertz CT molecular complexity index is 612. The molecule has 110 valence electrons. The van der Waals surface area contributed by atoms with Gasteiger partial charge in [0.2, 0.25) is 0 Å². The first kappa shape index (κ1) is 14.8. The van der Waals surface area contributed by atoms with Crippen LogP contribution < -0.4 is 11.5 Å². The van der Waals surface area contributed by atoms with Crippen LogP contribution in [0.25, 0.3) is 0 Å². The maximum atomic E-state index is 7.89. The number of anilines is 1. The van der Waals surface area contributed by atoms with Crippen LogP contribution >= 0.6 is 0 Å². The maximum absolute atomic E-state index is 7.89. The number of allylic oxidation sites excluding steroid dienone is 2. The zero-order valence-electron chi connectivity index (χ0n) is 12.1. The molecule has 1 aliphatic rings. The number of nitrogen functional groups attached to an aromatic ring is 1. The van der Waals surface area contributed by atoms with E-state index in [0.717, 1.165) is 18.5 Å². The normalized spacial score (nSPS) is 16.6. The van der Waals surface area contributed by atoms with Gasteiger partial charge in [-0.1, -0.05) is 13.3 Å².